The zero-order valence-corrected chi connectivity index (χ0v) is 21.0. The van der Waals surface area contributed by atoms with Crippen molar-refractivity contribution < 1.29 is 4.39 Å². The lowest BCUT2D eigenvalue weighted by atomic mass is 10.0. The molecule has 1 aliphatic carbocycles. The zero-order valence-electron chi connectivity index (χ0n) is 21.0. The molecule has 5 heterocycles. The molecular formula is C26H29FN10. The fourth-order valence-corrected chi connectivity index (χ4v) is 6.05. The summed E-state index contributed by atoms with van der Waals surface area (Å²) in [6, 6.07) is 5.78. The van der Waals surface area contributed by atoms with Crippen molar-refractivity contribution in [3.63, 3.8) is 0 Å². The van der Waals surface area contributed by atoms with Gasteiger partial charge in [-0.2, -0.15) is 9.97 Å². The lowest BCUT2D eigenvalue weighted by Crippen LogP contribution is -2.41. The molecule has 1 aromatic carbocycles. The number of pyridine rings is 1. The Morgan fingerprint density at radius 3 is 2.76 bits per heavy atom. The van der Waals surface area contributed by atoms with Gasteiger partial charge in [-0.3, -0.25) is 0 Å². The van der Waals surface area contributed by atoms with Crippen molar-refractivity contribution >= 4 is 56.2 Å². The maximum atomic E-state index is 14.6. The molecule has 11 heteroatoms. The Balaban J connectivity index is 1.37. The van der Waals surface area contributed by atoms with Crippen molar-refractivity contribution in [3.8, 4) is 0 Å². The van der Waals surface area contributed by atoms with Crippen molar-refractivity contribution in [2.24, 2.45) is 11.7 Å². The molecule has 0 amide bonds. The van der Waals surface area contributed by atoms with Gasteiger partial charge in [0.25, 0.3) is 0 Å². The Hall–Kier alpha value is -3.99. The average Bonchev–Trinajstić information content (AvgIpc) is 3.64. The monoisotopic (exact) mass is 500 g/mol. The van der Waals surface area contributed by atoms with Gasteiger partial charge in [0, 0.05) is 37.1 Å². The summed E-state index contributed by atoms with van der Waals surface area (Å²) in [6.07, 6.45) is 5.55. The highest BCUT2D eigenvalue weighted by Crippen LogP contribution is 2.44. The Labute approximate surface area is 212 Å². The van der Waals surface area contributed by atoms with E-state index in [1.165, 1.54) is 6.07 Å². The minimum Gasteiger partial charge on any atom is -0.386 e. The maximum absolute atomic E-state index is 14.6. The standard InChI is InChI=1S/C26H29FN10/c1-12(2)37-11-31-20-7-15(9-30-24(20)37)32-26-34-23-21(17-5-14(27)6-19(29-3)22(17)33-23)25(35-26)36-10-13-4-16(36)8-18(13)28/h5-7,9,11-13,16,18,29H,4,8,10,28H2,1-3H3,(H2,32,33,34,35)/t13-,16-,18-/m1/s1. The van der Waals surface area contributed by atoms with Crippen LogP contribution in [0.2, 0.25) is 0 Å². The number of nitrogens with one attached hydrogen (secondary N) is 3. The second-order valence-electron chi connectivity index (χ2n) is 10.5. The molecule has 1 aliphatic heterocycles. The van der Waals surface area contributed by atoms with Gasteiger partial charge in [0.05, 0.1) is 34.8 Å². The second-order valence-corrected chi connectivity index (χ2v) is 10.5. The number of H-pyrrole nitrogens is 1. The van der Waals surface area contributed by atoms with E-state index >= 15 is 0 Å². The highest BCUT2D eigenvalue weighted by atomic mass is 19.1. The Bertz CT molecular complexity index is 1670. The molecule has 3 atom stereocenters. The lowest BCUT2D eigenvalue weighted by molar-refractivity contribution is 0.471. The van der Waals surface area contributed by atoms with Crippen LogP contribution in [0.25, 0.3) is 33.1 Å². The van der Waals surface area contributed by atoms with Gasteiger partial charge in [-0.15, -0.1) is 0 Å². The molecule has 5 aromatic rings. The molecule has 37 heavy (non-hydrogen) atoms. The van der Waals surface area contributed by atoms with Crippen molar-refractivity contribution in [3.05, 3.63) is 36.5 Å². The third-order valence-electron chi connectivity index (χ3n) is 7.87. The van der Waals surface area contributed by atoms with Gasteiger partial charge in [-0.25, -0.2) is 14.4 Å². The largest absolute Gasteiger partial charge is 0.386 e. The van der Waals surface area contributed by atoms with E-state index in [2.05, 4.69) is 44.3 Å². The number of nitrogens with zero attached hydrogens (tertiary/aromatic N) is 6. The number of rotatable bonds is 5. The number of anilines is 4. The van der Waals surface area contributed by atoms with Crippen LogP contribution in [-0.4, -0.2) is 55.2 Å². The van der Waals surface area contributed by atoms with Crippen molar-refractivity contribution in [1.82, 2.24) is 29.5 Å². The molecule has 1 saturated carbocycles. The molecule has 7 rings (SSSR count). The third kappa shape index (κ3) is 3.41. The average molecular weight is 501 g/mol. The third-order valence-corrected chi connectivity index (χ3v) is 7.87. The summed E-state index contributed by atoms with van der Waals surface area (Å²) in [7, 11) is 1.78. The van der Waals surface area contributed by atoms with Crippen LogP contribution in [0.4, 0.5) is 27.5 Å². The van der Waals surface area contributed by atoms with Crippen molar-refractivity contribution in [1.29, 1.82) is 0 Å². The molecule has 1 saturated heterocycles. The smallest absolute Gasteiger partial charge is 0.231 e. The lowest BCUT2D eigenvalue weighted by Gasteiger charge is -2.31. The number of benzene rings is 1. The highest BCUT2D eigenvalue weighted by molar-refractivity contribution is 6.15. The van der Waals surface area contributed by atoms with Gasteiger partial charge >= 0.3 is 0 Å². The number of hydrogen-bond donors (Lipinski definition) is 4. The van der Waals surface area contributed by atoms with E-state index in [-0.39, 0.29) is 17.9 Å². The van der Waals surface area contributed by atoms with Gasteiger partial charge in [0.15, 0.2) is 5.65 Å². The number of hydrogen-bond acceptors (Lipinski definition) is 8. The summed E-state index contributed by atoms with van der Waals surface area (Å²) in [5, 5.41) is 8.01. The Morgan fingerprint density at radius 1 is 1.16 bits per heavy atom. The number of aromatic nitrogens is 6. The molecular weight excluding hydrogens is 471 g/mol. The van der Waals surface area contributed by atoms with E-state index in [9.17, 15) is 4.39 Å². The summed E-state index contributed by atoms with van der Waals surface area (Å²) in [4.78, 5) is 24.7. The first-order valence-corrected chi connectivity index (χ1v) is 12.7. The van der Waals surface area contributed by atoms with E-state index in [0.29, 0.717) is 29.2 Å². The molecule has 0 unspecified atom stereocenters. The van der Waals surface area contributed by atoms with Gasteiger partial charge in [-0.1, -0.05) is 0 Å². The highest BCUT2D eigenvalue weighted by Gasteiger charge is 2.44. The normalized spacial score (nSPS) is 21.2. The van der Waals surface area contributed by atoms with Crippen LogP contribution in [0, 0.1) is 11.7 Å². The van der Waals surface area contributed by atoms with E-state index in [1.54, 1.807) is 19.3 Å². The summed E-state index contributed by atoms with van der Waals surface area (Å²) in [6.45, 7) is 5.03. The van der Waals surface area contributed by atoms with Gasteiger partial charge in [0.1, 0.15) is 22.8 Å². The number of halogens is 1. The van der Waals surface area contributed by atoms with Crippen LogP contribution in [0.15, 0.2) is 30.7 Å². The molecule has 190 valence electrons. The van der Waals surface area contributed by atoms with Gasteiger partial charge in [0.2, 0.25) is 5.95 Å². The first-order chi connectivity index (χ1) is 17.9. The van der Waals surface area contributed by atoms with E-state index in [1.807, 2.05) is 17.0 Å². The molecule has 2 bridgehead atoms. The molecule has 5 N–H and O–H groups in total. The molecule has 4 aromatic heterocycles. The second kappa shape index (κ2) is 8.01. The Morgan fingerprint density at radius 2 is 2.03 bits per heavy atom. The first kappa shape index (κ1) is 22.2. The zero-order chi connectivity index (χ0) is 25.4. The minimum atomic E-state index is -0.309. The van der Waals surface area contributed by atoms with Crippen LogP contribution in [0.1, 0.15) is 32.7 Å². The summed E-state index contributed by atoms with van der Waals surface area (Å²) >= 11 is 0. The van der Waals surface area contributed by atoms with Gasteiger partial charge < -0.3 is 30.8 Å². The maximum Gasteiger partial charge on any atom is 0.231 e. The first-order valence-electron chi connectivity index (χ1n) is 12.7. The molecule has 2 aliphatic rings. The minimum absolute atomic E-state index is 0.218. The van der Waals surface area contributed by atoms with Crippen LogP contribution in [-0.2, 0) is 0 Å². The number of nitrogens with two attached hydrogens (primary N) is 1. The van der Waals surface area contributed by atoms with Crippen LogP contribution in [0.5, 0.6) is 0 Å². The van der Waals surface area contributed by atoms with Crippen molar-refractivity contribution in [2.75, 3.05) is 29.1 Å². The summed E-state index contributed by atoms with van der Waals surface area (Å²) in [5.41, 5.74) is 10.8. The molecule has 0 radical (unpaired) electrons. The van der Waals surface area contributed by atoms with Crippen LogP contribution in [0.3, 0.4) is 0 Å². The topological polar surface area (TPSA) is 126 Å². The molecule has 2 fully saturated rings. The van der Waals surface area contributed by atoms with E-state index in [4.69, 9.17) is 15.7 Å². The molecule has 10 nitrogen and oxygen atoms in total. The number of aromatic amines is 1. The molecule has 0 spiro atoms. The van der Waals surface area contributed by atoms with Crippen molar-refractivity contribution in [2.45, 2.75) is 44.8 Å². The number of imidazole rings is 1. The quantitative estimate of drug-likeness (QED) is 0.282. The summed E-state index contributed by atoms with van der Waals surface area (Å²) < 4.78 is 16.6. The summed E-state index contributed by atoms with van der Waals surface area (Å²) in [5.74, 6) is 1.36. The number of piperidine rings is 1. The SMILES string of the molecule is CNc1cc(F)cc2c1[nH]c1nc(Nc3cnc4c(c3)ncn4C(C)C)nc(N3C[C@H]4C[C@@H]3C[C@H]4N)c12. The predicted octanol–water partition coefficient (Wildman–Crippen LogP) is 4.29. The fraction of sp³-hybridized carbons (Fsp3) is 0.385. The van der Waals surface area contributed by atoms with E-state index in [0.717, 1.165) is 58.3 Å². The fourth-order valence-electron chi connectivity index (χ4n) is 6.05. The van der Waals surface area contributed by atoms with Crippen LogP contribution < -0.4 is 21.3 Å². The number of fused-ring (bicyclic) bond motifs is 6. The van der Waals surface area contributed by atoms with Crippen LogP contribution >= 0.6 is 0 Å². The predicted molar refractivity (Wildman–Crippen MR) is 144 cm³/mol. The van der Waals surface area contributed by atoms with E-state index < -0.39 is 0 Å². The Kier molecular flexibility index (Phi) is 4.81. The van der Waals surface area contributed by atoms with Gasteiger partial charge in [-0.05, 0) is 50.8 Å².